The molecular weight excluding hydrogens is 262 g/mol. The summed E-state index contributed by atoms with van der Waals surface area (Å²) in [5.74, 6) is 0.716. The van der Waals surface area contributed by atoms with E-state index in [9.17, 15) is 4.79 Å². The van der Waals surface area contributed by atoms with Gasteiger partial charge < -0.3 is 8.98 Å². The summed E-state index contributed by atoms with van der Waals surface area (Å²) in [4.78, 5) is 12.6. The summed E-state index contributed by atoms with van der Waals surface area (Å²) >= 11 is 0. The van der Waals surface area contributed by atoms with Crippen molar-refractivity contribution in [2.75, 3.05) is 0 Å². The van der Waals surface area contributed by atoms with Gasteiger partial charge in [0.15, 0.2) is 0 Å². The average Bonchev–Trinajstić information content (AvgIpc) is 2.99. The van der Waals surface area contributed by atoms with Crippen molar-refractivity contribution in [1.82, 2.24) is 4.57 Å². The minimum atomic E-state index is 0.0182. The molecule has 0 saturated carbocycles. The number of furan rings is 1. The van der Waals surface area contributed by atoms with E-state index >= 15 is 0 Å². The highest BCUT2D eigenvalue weighted by molar-refractivity contribution is 5.93. The molecule has 2 aromatic heterocycles. The third-order valence-electron chi connectivity index (χ3n) is 3.83. The van der Waals surface area contributed by atoms with Crippen LogP contribution in [0.2, 0.25) is 0 Å². The fourth-order valence-electron chi connectivity index (χ4n) is 2.75. The molecule has 2 heterocycles. The molecule has 21 heavy (non-hydrogen) atoms. The maximum atomic E-state index is 12.6. The van der Waals surface area contributed by atoms with E-state index in [0.717, 1.165) is 11.1 Å². The molecule has 4 aromatic rings. The molecule has 0 aliphatic heterocycles. The molecule has 3 nitrogen and oxygen atoms in total. The molecule has 0 atom stereocenters. The van der Waals surface area contributed by atoms with Gasteiger partial charge >= 0.3 is 0 Å². The predicted octanol–water partition coefficient (Wildman–Crippen LogP) is 3.95. The van der Waals surface area contributed by atoms with Crippen molar-refractivity contribution in [1.29, 1.82) is 0 Å². The van der Waals surface area contributed by atoms with Crippen molar-refractivity contribution in [3.05, 3.63) is 70.9 Å². The van der Waals surface area contributed by atoms with Gasteiger partial charge in [-0.15, -0.1) is 0 Å². The molecule has 0 amide bonds. The first kappa shape index (κ1) is 12.0. The first-order valence-corrected chi connectivity index (χ1v) is 6.82. The molecule has 0 unspecified atom stereocenters. The van der Waals surface area contributed by atoms with Crippen molar-refractivity contribution in [2.24, 2.45) is 7.05 Å². The number of hydrogen-bond donors (Lipinski definition) is 0. The molecule has 0 aliphatic rings. The van der Waals surface area contributed by atoms with Crippen LogP contribution in [-0.2, 0) is 7.05 Å². The summed E-state index contributed by atoms with van der Waals surface area (Å²) in [7, 11) is 1.92. The number of para-hydroxylation sites is 1. The van der Waals surface area contributed by atoms with Gasteiger partial charge in [-0.1, -0.05) is 42.5 Å². The van der Waals surface area contributed by atoms with Gasteiger partial charge in [-0.2, -0.15) is 0 Å². The minimum absolute atomic E-state index is 0.0182. The molecule has 2 aromatic carbocycles. The molecule has 0 N–H and O–H groups in total. The number of aryl methyl sites for hydroxylation is 1. The Bertz CT molecular complexity index is 1010. The Kier molecular flexibility index (Phi) is 2.48. The van der Waals surface area contributed by atoms with E-state index < -0.39 is 0 Å². The monoisotopic (exact) mass is 275 g/mol. The molecule has 0 bridgehead atoms. The van der Waals surface area contributed by atoms with Crippen LogP contribution in [0.4, 0.5) is 0 Å². The standard InChI is InChI=1S/C18H13NO2/c1-19-15-10-6-5-9-13(15)17(20)14-11-16(21-18(14)19)12-7-3-2-4-8-12/h2-11H,1H3. The topological polar surface area (TPSA) is 35.1 Å². The van der Waals surface area contributed by atoms with Crippen molar-refractivity contribution >= 4 is 22.0 Å². The van der Waals surface area contributed by atoms with Gasteiger partial charge in [0.25, 0.3) is 0 Å². The maximum Gasteiger partial charge on any atom is 0.211 e. The van der Waals surface area contributed by atoms with Crippen molar-refractivity contribution in [3.8, 4) is 11.3 Å². The van der Waals surface area contributed by atoms with E-state index in [1.165, 1.54) is 0 Å². The largest absolute Gasteiger partial charge is 0.439 e. The number of pyridine rings is 1. The lowest BCUT2D eigenvalue weighted by molar-refractivity contribution is 0.600. The number of nitrogens with zero attached hydrogens (tertiary/aromatic N) is 1. The SMILES string of the molecule is Cn1c2ccccc2c(=O)c2cc(-c3ccccc3)oc21. The molecule has 102 valence electrons. The third kappa shape index (κ3) is 1.71. The Hall–Kier alpha value is -2.81. The Balaban J connectivity index is 2.13. The van der Waals surface area contributed by atoms with Crippen LogP contribution in [-0.4, -0.2) is 4.57 Å². The first-order valence-electron chi connectivity index (χ1n) is 6.82. The number of benzene rings is 2. The minimum Gasteiger partial charge on any atom is -0.439 e. The summed E-state index contributed by atoms with van der Waals surface area (Å²) in [6.07, 6.45) is 0. The highest BCUT2D eigenvalue weighted by Gasteiger charge is 2.14. The predicted molar refractivity (Wildman–Crippen MR) is 84.4 cm³/mol. The van der Waals surface area contributed by atoms with Crippen LogP contribution < -0.4 is 5.43 Å². The molecule has 4 rings (SSSR count). The summed E-state index contributed by atoms with van der Waals surface area (Å²) in [5.41, 5.74) is 2.48. The lowest BCUT2D eigenvalue weighted by atomic mass is 10.1. The van der Waals surface area contributed by atoms with E-state index in [-0.39, 0.29) is 5.43 Å². The van der Waals surface area contributed by atoms with Crippen LogP contribution in [0.3, 0.4) is 0 Å². The van der Waals surface area contributed by atoms with Crippen molar-refractivity contribution in [3.63, 3.8) is 0 Å². The number of rotatable bonds is 1. The molecule has 3 heteroatoms. The number of hydrogen-bond acceptors (Lipinski definition) is 2. The Morgan fingerprint density at radius 1 is 0.905 bits per heavy atom. The van der Waals surface area contributed by atoms with Gasteiger partial charge in [-0.05, 0) is 18.2 Å². The van der Waals surface area contributed by atoms with Crippen LogP contribution in [0.5, 0.6) is 0 Å². The van der Waals surface area contributed by atoms with Crippen LogP contribution >= 0.6 is 0 Å². The summed E-state index contributed by atoms with van der Waals surface area (Å²) in [5, 5.41) is 1.34. The number of aromatic nitrogens is 1. The molecule has 0 radical (unpaired) electrons. The highest BCUT2D eigenvalue weighted by Crippen LogP contribution is 2.27. The zero-order valence-corrected chi connectivity index (χ0v) is 11.5. The second kappa shape index (κ2) is 4.35. The summed E-state index contributed by atoms with van der Waals surface area (Å²) in [6, 6.07) is 19.2. The van der Waals surface area contributed by atoms with Crippen LogP contribution in [0, 0.1) is 0 Å². The zero-order chi connectivity index (χ0) is 14.4. The molecule has 0 saturated heterocycles. The maximum absolute atomic E-state index is 12.6. The van der Waals surface area contributed by atoms with Crippen LogP contribution in [0.1, 0.15) is 0 Å². The Morgan fingerprint density at radius 3 is 2.43 bits per heavy atom. The molecule has 0 fully saturated rings. The fraction of sp³-hybridized carbons (Fsp3) is 0.0556. The quantitative estimate of drug-likeness (QED) is 0.527. The van der Waals surface area contributed by atoms with Gasteiger partial charge in [0.2, 0.25) is 11.1 Å². The van der Waals surface area contributed by atoms with Gasteiger partial charge in [0.1, 0.15) is 5.76 Å². The second-order valence-electron chi connectivity index (χ2n) is 5.10. The lowest BCUT2D eigenvalue weighted by Gasteiger charge is -2.05. The van der Waals surface area contributed by atoms with E-state index in [1.807, 2.05) is 72.3 Å². The zero-order valence-electron chi connectivity index (χ0n) is 11.5. The van der Waals surface area contributed by atoms with Gasteiger partial charge in [0, 0.05) is 18.0 Å². The van der Waals surface area contributed by atoms with Crippen LogP contribution in [0.15, 0.2) is 69.9 Å². The Morgan fingerprint density at radius 2 is 1.62 bits per heavy atom. The van der Waals surface area contributed by atoms with E-state index in [0.29, 0.717) is 22.2 Å². The van der Waals surface area contributed by atoms with Gasteiger partial charge in [0.05, 0.1) is 10.9 Å². The number of fused-ring (bicyclic) bond motifs is 2. The second-order valence-corrected chi connectivity index (χ2v) is 5.10. The fourth-order valence-corrected chi connectivity index (χ4v) is 2.75. The molecule has 0 spiro atoms. The highest BCUT2D eigenvalue weighted by atomic mass is 16.3. The van der Waals surface area contributed by atoms with E-state index in [4.69, 9.17) is 4.42 Å². The van der Waals surface area contributed by atoms with Crippen molar-refractivity contribution < 1.29 is 4.42 Å². The van der Waals surface area contributed by atoms with Gasteiger partial charge in [-0.3, -0.25) is 4.79 Å². The average molecular weight is 275 g/mol. The van der Waals surface area contributed by atoms with Crippen LogP contribution in [0.25, 0.3) is 33.3 Å². The smallest absolute Gasteiger partial charge is 0.211 e. The third-order valence-corrected chi connectivity index (χ3v) is 3.83. The van der Waals surface area contributed by atoms with Crippen molar-refractivity contribution in [2.45, 2.75) is 0 Å². The first-order chi connectivity index (χ1) is 10.3. The summed E-state index contributed by atoms with van der Waals surface area (Å²) < 4.78 is 7.87. The lowest BCUT2D eigenvalue weighted by Crippen LogP contribution is -2.06. The van der Waals surface area contributed by atoms with Gasteiger partial charge in [-0.25, -0.2) is 0 Å². The summed E-state index contributed by atoms with van der Waals surface area (Å²) in [6.45, 7) is 0. The molecule has 0 aliphatic carbocycles. The Labute approximate surface area is 121 Å². The molecular formula is C18H13NO2. The van der Waals surface area contributed by atoms with E-state index in [2.05, 4.69) is 0 Å². The normalized spacial score (nSPS) is 11.3. The van der Waals surface area contributed by atoms with E-state index in [1.54, 1.807) is 0 Å².